The van der Waals surface area contributed by atoms with Crippen molar-refractivity contribution in [2.45, 2.75) is 58.8 Å². The molecular weight excluding hydrogens is 288 g/mol. The molecule has 0 unspecified atom stereocenters. The minimum absolute atomic E-state index is 0.278. The molecule has 1 N–H and O–H groups in total. The van der Waals surface area contributed by atoms with Crippen molar-refractivity contribution in [2.75, 3.05) is 21.3 Å². The predicted molar refractivity (Wildman–Crippen MR) is 85.1 cm³/mol. The average Bonchev–Trinajstić information content (AvgIpc) is 2.49. The van der Waals surface area contributed by atoms with Crippen LogP contribution in [-0.2, 0) is 18.1 Å². The molecule has 0 aromatic heterocycles. The maximum atomic E-state index is 11.3. The quantitative estimate of drug-likeness (QED) is 0.339. The van der Waals surface area contributed by atoms with Gasteiger partial charge in [-0.15, -0.1) is 0 Å². The maximum absolute atomic E-state index is 11.3. The van der Waals surface area contributed by atoms with Crippen molar-refractivity contribution < 1.29 is 23.2 Å². The van der Waals surface area contributed by atoms with Crippen molar-refractivity contribution >= 4 is 14.8 Å². The van der Waals surface area contributed by atoms with Gasteiger partial charge in [0.1, 0.15) is 0 Å². The third kappa shape index (κ3) is 6.30. The fraction of sp³-hybridized carbons (Fsp3) is 0.800. The Labute approximate surface area is 129 Å². The van der Waals surface area contributed by atoms with Gasteiger partial charge in [0.15, 0.2) is 0 Å². The molecular formula is C15H30O5Si. The number of carboxylic acid groups (broad SMARTS) is 1. The molecule has 0 saturated heterocycles. The van der Waals surface area contributed by atoms with E-state index in [9.17, 15) is 9.90 Å². The van der Waals surface area contributed by atoms with Gasteiger partial charge in [0.2, 0.25) is 0 Å². The number of hydrogen-bond acceptors (Lipinski definition) is 4. The highest BCUT2D eigenvalue weighted by Gasteiger charge is 2.44. The van der Waals surface area contributed by atoms with Gasteiger partial charge in [-0.3, -0.25) is 0 Å². The van der Waals surface area contributed by atoms with E-state index >= 15 is 0 Å². The van der Waals surface area contributed by atoms with Crippen LogP contribution in [0.2, 0.25) is 0 Å². The molecule has 0 rings (SSSR count). The highest BCUT2D eigenvalue weighted by atomic mass is 28.4. The van der Waals surface area contributed by atoms with Gasteiger partial charge >= 0.3 is 14.8 Å². The monoisotopic (exact) mass is 318 g/mol. The molecule has 0 saturated carbocycles. The molecule has 5 nitrogen and oxygen atoms in total. The van der Waals surface area contributed by atoms with Gasteiger partial charge in [0.25, 0.3) is 0 Å². The van der Waals surface area contributed by atoms with Gasteiger partial charge in [-0.2, -0.15) is 0 Å². The van der Waals surface area contributed by atoms with E-state index in [1.54, 1.807) is 6.92 Å². The summed E-state index contributed by atoms with van der Waals surface area (Å²) < 4.78 is 16.3. The number of aliphatic carboxylic acids is 1. The van der Waals surface area contributed by atoms with Crippen LogP contribution in [0.3, 0.4) is 0 Å². The molecule has 0 radical (unpaired) electrons. The van der Waals surface area contributed by atoms with Gasteiger partial charge in [0.05, 0.1) is 0 Å². The van der Waals surface area contributed by atoms with Gasteiger partial charge < -0.3 is 18.4 Å². The molecule has 0 fully saturated rings. The molecule has 21 heavy (non-hydrogen) atoms. The summed E-state index contributed by atoms with van der Waals surface area (Å²) in [6.45, 7) is 3.78. The summed E-state index contributed by atoms with van der Waals surface area (Å²) in [5.41, 5.74) is 0.278. The lowest BCUT2D eigenvalue weighted by atomic mass is 10.1. The zero-order chi connectivity index (χ0) is 16.3. The number of hydrogen-bond donors (Lipinski definition) is 1. The Bertz CT molecular complexity index is 329. The predicted octanol–water partition coefficient (Wildman–Crippen LogP) is 3.56. The molecule has 0 aliphatic rings. The standard InChI is InChI=1S/C15H30O5Si/c1-6-7-8-9-10-11-12-14(13(2)15(16)17)21(18-3,19-4)20-5/h6-12H2,1-5H3,(H,16,17). The van der Waals surface area contributed by atoms with Crippen LogP contribution in [-0.4, -0.2) is 41.2 Å². The number of carboxylic acids is 1. The molecule has 0 aliphatic heterocycles. The van der Waals surface area contributed by atoms with E-state index in [4.69, 9.17) is 13.3 Å². The normalized spacial score (nSPS) is 13.2. The van der Waals surface area contributed by atoms with E-state index in [1.807, 2.05) is 0 Å². The van der Waals surface area contributed by atoms with E-state index in [-0.39, 0.29) is 5.57 Å². The molecule has 0 heterocycles. The second kappa shape index (κ2) is 11.0. The van der Waals surface area contributed by atoms with Crippen molar-refractivity contribution in [3.05, 3.63) is 10.8 Å². The lowest BCUT2D eigenvalue weighted by Crippen LogP contribution is -2.46. The maximum Gasteiger partial charge on any atom is 0.532 e. The van der Waals surface area contributed by atoms with Crippen LogP contribution in [0.25, 0.3) is 0 Å². The Balaban J connectivity index is 4.86. The Hall–Kier alpha value is -0.693. The summed E-state index contributed by atoms with van der Waals surface area (Å²) in [5.74, 6) is -0.945. The third-order valence-electron chi connectivity index (χ3n) is 3.73. The van der Waals surface area contributed by atoms with E-state index < -0.39 is 14.8 Å². The van der Waals surface area contributed by atoms with E-state index in [0.29, 0.717) is 11.6 Å². The van der Waals surface area contributed by atoms with Crippen LogP contribution in [0.1, 0.15) is 58.8 Å². The smallest absolute Gasteiger partial charge is 0.478 e. The van der Waals surface area contributed by atoms with E-state index in [2.05, 4.69) is 6.92 Å². The molecule has 0 aromatic carbocycles. The highest BCUT2D eigenvalue weighted by Crippen LogP contribution is 2.27. The first kappa shape index (κ1) is 20.3. The second-order valence-corrected chi connectivity index (χ2v) is 8.04. The van der Waals surface area contributed by atoms with Gasteiger partial charge in [-0.05, 0) is 19.8 Å². The minimum Gasteiger partial charge on any atom is -0.478 e. The summed E-state index contributed by atoms with van der Waals surface area (Å²) in [6.07, 6.45) is 7.53. The van der Waals surface area contributed by atoms with Crippen molar-refractivity contribution in [3.8, 4) is 0 Å². The number of rotatable bonds is 12. The van der Waals surface area contributed by atoms with Crippen LogP contribution in [0.5, 0.6) is 0 Å². The zero-order valence-electron chi connectivity index (χ0n) is 14.0. The third-order valence-corrected chi connectivity index (χ3v) is 6.71. The molecule has 0 spiro atoms. The Morgan fingerprint density at radius 1 is 0.952 bits per heavy atom. The van der Waals surface area contributed by atoms with Crippen molar-refractivity contribution in [1.29, 1.82) is 0 Å². The summed E-state index contributed by atoms with van der Waals surface area (Å²) in [7, 11) is 1.48. The van der Waals surface area contributed by atoms with Crippen molar-refractivity contribution in [2.24, 2.45) is 0 Å². The average molecular weight is 318 g/mol. The van der Waals surface area contributed by atoms with E-state index in [0.717, 1.165) is 12.8 Å². The minimum atomic E-state index is -3.05. The van der Waals surface area contributed by atoms with Crippen molar-refractivity contribution in [1.82, 2.24) is 0 Å². The van der Waals surface area contributed by atoms with Crippen LogP contribution in [0, 0.1) is 0 Å². The van der Waals surface area contributed by atoms with Gasteiger partial charge in [-0.25, -0.2) is 4.79 Å². The number of allylic oxidation sites excluding steroid dienone is 1. The largest absolute Gasteiger partial charge is 0.532 e. The van der Waals surface area contributed by atoms with Crippen LogP contribution < -0.4 is 0 Å². The van der Waals surface area contributed by atoms with Crippen LogP contribution >= 0.6 is 0 Å². The first-order valence-corrected chi connectivity index (χ1v) is 9.30. The van der Waals surface area contributed by atoms with Gasteiger partial charge in [-0.1, -0.05) is 39.0 Å². The summed E-state index contributed by atoms with van der Waals surface area (Å²) in [4.78, 5) is 11.3. The van der Waals surface area contributed by atoms with Gasteiger partial charge in [0, 0.05) is 32.1 Å². The zero-order valence-corrected chi connectivity index (χ0v) is 15.0. The number of carbonyl (C=O) groups is 1. The summed E-state index contributed by atoms with van der Waals surface area (Å²) in [5, 5.41) is 9.95. The van der Waals surface area contributed by atoms with Crippen LogP contribution in [0.15, 0.2) is 10.8 Å². The topological polar surface area (TPSA) is 65.0 Å². The first-order valence-electron chi connectivity index (χ1n) is 7.58. The Morgan fingerprint density at radius 2 is 1.43 bits per heavy atom. The van der Waals surface area contributed by atoms with E-state index in [1.165, 1.54) is 47.0 Å². The number of unbranched alkanes of at least 4 members (excludes halogenated alkanes) is 5. The Morgan fingerprint density at radius 3 is 1.86 bits per heavy atom. The molecule has 0 aromatic rings. The lowest BCUT2D eigenvalue weighted by Gasteiger charge is -2.28. The highest BCUT2D eigenvalue weighted by molar-refractivity contribution is 6.69. The SMILES string of the molecule is CCCCCCCCC(=C(C)C(=O)O)[Si](OC)(OC)OC. The van der Waals surface area contributed by atoms with Crippen molar-refractivity contribution in [3.63, 3.8) is 0 Å². The molecule has 124 valence electrons. The molecule has 6 heteroatoms. The Kier molecular flexibility index (Phi) is 10.6. The first-order chi connectivity index (χ1) is 9.98. The molecule has 0 atom stereocenters. The second-order valence-electron chi connectivity index (χ2n) is 5.10. The summed E-state index contributed by atoms with van der Waals surface area (Å²) >= 11 is 0. The molecule has 0 aliphatic carbocycles. The fourth-order valence-electron chi connectivity index (χ4n) is 2.40. The lowest BCUT2D eigenvalue weighted by molar-refractivity contribution is -0.132. The van der Waals surface area contributed by atoms with Crippen LogP contribution in [0.4, 0.5) is 0 Å². The molecule has 0 amide bonds. The molecule has 0 bridgehead atoms. The fourth-order valence-corrected chi connectivity index (χ4v) is 4.69. The summed E-state index contributed by atoms with van der Waals surface area (Å²) in [6, 6.07) is 0.